The molecule has 0 spiro atoms. The lowest BCUT2D eigenvalue weighted by atomic mass is 9.88. The van der Waals surface area contributed by atoms with Crippen molar-refractivity contribution in [1.29, 1.82) is 5.26 Å². The molecule has 0 radical (unpaired) electrons. The van der Waals surface area contributed by atoms with Crippen molar-refractivity contribution in [3.05, 3.63) is 54.1 Å². The Bertz CT molecular complexity index is 1390. The van der Waals surface area contributed by atoms with E-state index < -0.39 is 39.2 Å². The zero-order valence-electron chi connectivity index (χ0n) is 24.2. The highest BCUT2D eigenvalue weighted by Gasteiger charge is 2.43. The third-order valence-electron chi connectivity index (χ3n) is 7.17. The molecular formula is C30H38N4O7S. The lowest BCUT2D eigenvalue weighted by Crippen LogP contribution is -2.63. The number of amides is 2. The monoisotopic (exact) mass is 598 g/mol. The number of ether oxygens (including phenoxy) is 3. The van der Waals surface area contributed by atoms with Gasteiger partial charge in [-0.3, -0.25) is 4.79 Å². The molecular weight excluding hydrogens is 560 g/mol. The van der Waals surface area contributed by atoms with E-state index in [1.807, 2.05) is 24.3 Å². The number of hydrogen-bond donors (Lipinski definition) is 2. The largest absolute Gasteiger partial charge is 0.444 e. The summed E-state index contributed by atoms with van der Waals surface area (Å²) < 4.78 is 43.3. The van der Waals surface area contributed by atoms with Crippen molar-refractivity contribution in [2.45, 2.75) is 62.1 Å². The van der Waals surface area contributed by atoms with Crippen LogP contribution in [-0.2, 0) is 35.4 Å². The third-order valence-corrected chi connectivity index (χ3v) is 9.08. The maximum Gasteiger partial charge on any atom is 0.408 e. The van der Waals surface area contributed by atoms with Gasteiger partial charge in [-0.2, -0.15) is 9.57 Å². The average molecular weight is 599 g/mol. The molecule has 12 heteroatoms. The van der Waals surface area contributed by atoms with Gasteiger partial charge in [0.2, 0.25) is 15.9 Å². The SMILES string of the molecule is CC(C)(C)OC(=O)NC1(C(=O)N[C@H](C#N)Cc2ccc(-c3ccc(S(=O)(=O)N4CCOCC4)cc3)cc2)CCOCC1. The average Bonchev–Trinajstić information content (AvgIpc) is 2.97. The number of sulfonamides is 1. The summed E-state index contributed by atoms with van der Waals surface area (Å²) in [5.74, 6) is -0.452. The maximum absolute atomic E-state index is 13.4. The predicted octanol–water partition coefficient (Wildman–Crippen LogP) is 3.00. The molecule has 2 amide bonds. The van der Waals surface area contributed by atoms with Crippen LogP contribution in [0.5, 0.6) is 0 Å². The van der Waals surface area contributed by atoms with Crippen LogP contribution < -0.4 is 10.6 Å². The van der Waals surface area contributed by atoms with Gasteiger partial charge < -0.3 is 24.8 Å². The van der Waals surface area contributed by atoms with E-state index in [2.05, 4.69) is 16.7 Å². The normalized spacial score (nSPS) is 18.3. The van der Waals surface area contributed by atoms with E-state index >= 15 is 0 Å². The van der Waals surface area contributed by atoms with Gasteiger partial charge in [0.25, 0.3) is 0 Å². The summed E-state index contributed by atoms with van der Waals surface area (Å²) in [6, 6.07) is 15.6. The Morgan fingerprint density at radius 1 is 0.976 bits per heavy atom. The van der Waals surface area contributed by atoms with Gasteiger partial charge in [0.05, 0.1) is 24.2 Å². The minimum atomic E-state index is -3.57. The number of rotatable bonds is 8. The fourth-order valence-electron chi connectivity index (χ4n) is 4.88. The van der Waals surface area contributed by atoms with Gasteiger partial charge in [-0.05, 0) is 49.6 Å². The van der Waals surface area contributed by atoms with Gasteiger partial charge in [0.15, 0.2) is 0 Å². The summed E-state index contributed by atoms with van der Waals surface area (Å²) in [5, 5.41) is 15.3. The Morgan fingerprint density at radius 3 is 2.07 bits per heavy atom. The van der Waals surface area contributed by atoms with Crippen LogP contribution in [0.1, 0.15) is 39.2 Å². The first-order valence-electron chi connectivity index (χ1n) is 14.0. The van der Waals surface area contributed by atoms with Crippen molar-refractivity contribution in [3.8, 4) is 17.2 Å². The van der Waals surface area contributed by atoms with Gasteiger partial charge in [-0.25, -0.2) is 13.2 Å². The van der Waals surface area contributed by atoms with Gasteiger partial charge in [-0.15, -0.1) is 0 Å². The molecule has 0 bridgehead atoms. The zero-order valence-corrected chi connectivity index (χ0v) is 25.0. The molecule has 226 valence electrons. The predicted molar refractivity (Wildman–Crippen MR) is 155 cm³/mol. The number of nitrogens with one attached hydrogen (secondary N) is 2. The van der Waals surface area contributed by atoms with Crippen molar-refractivity contribution in [1.82, 2.24) is 14.9 Å². The number of morpholine rings is 1. The highest BCUT2D eigenvalue weighted by Crippen LogP contribution is 2.25. The molecule has 2 saturated heterocycles. The van der Waals surface area contributed by atoms with E-state index in [1.54, 1.807) is 45.0 Å². The van der Waals surface area contributed by atoms with Crippen LogP contribution in [-0.4, -0.2) is 81.4 Å². The molecule has 2 heterocycles. The number of alkyl carbamates (subject to hydrolysis) is 1. The van der Waals surface area contributed by atoms with E-state index in [1.165, 1.54) is 4.31 Å². The molecule has 2 fully saturated rings. The lowest BCUT2D eigenvalue weighted by Gasteiger charge is -2.37. The van der Waals surface area contributed by atoms with Crippen LogP contribution in [0.4, 0.5) is 4.79 Å². The Morgan fingerprint density at radius 2 is 1.52 bits per heavy atom. The van der Waals surface area contributed by atoms with E-state index in [4.69, 9.17) is 14.2 Å². The summed E-state index contributed by atoms with van der Waals surface area (Å²) in [7, 11) is -3.57. The van der Waals surface area contributed by atoms with Gasteiger partial charge in [0.1, 0.15) is 17.2 Å². The second-order valence-electron chi connectivity index (χ2n) is 11.4. The molecule has 2 aromatic carbocycles. The minimum absolute atomic E-state index is 0.237. The Labute approximate surface area is 247 Å². The molecule has 2 aromatic rings. The topological polar surface area (TPSA) is 147 Å². The summed E-state index contributed by atoms with van der Waals surface area (Å²) in [4.78, 5) is 26.1. The second kappa shape index (κ2) is 13.2. The number of carbonyl (C=O) groups excluding carboxylic acids is 2. The molecule has 1 atom stereocenters. The smallest absolute Gasteiger partial charge is 0.408 e. The van der Waals surface area contributed by atoms with Crippen LogP contribution in [0.25, 0.3) is 11.1 Å². The number of benzene rings is 2. The molecule has 0 aromatic heterocycles. The number of carbonyl (C=O) groups is 2. The third kappa shape index (κ3) is 7.86. The fourth-order valence-corrected chi connectivity index (χ4v) is 6.29. The van der Waals surface area contributed by atoms with Crippen LogP contribution in [0, 0.1) is 11.3 Å². The number of nitrogens with zero attached hydrogens (tertiary/aromatic N) is 2. The van der Waals surface area contributed by atoms with E-state index in [-0.39, 0.29) is 24.2 Å². The molecule has 0 unspecified atom stereocenters. The lowest BCUT2D eigenvalue weighted by molar-refractivity contribution is -0.132. The highest BCUT2D eigenvalue weighted by molar-refractivity contribution is 7.89. The molecule has 2 aliphatic heterocycles. The quantitative estimate of drug-likeness (QED) is 0.472. The molecule has 11 nitrogen and oxygen atoms in total. The second-order valence-corrected chi connectivity index (χ2v) is 13.4. The molecule has 0 aliphatic carbocycles. The van der Waals surface area contributed by atoms with Gasteiger partial charge in [0, 0.05) is 45.6 Å². The Kier molecular flexibility index (Phi) is 9.89. The maximum atomic E-state index is 13.4. The zero-order chi connectivity index (χ0) is 30.4. The molecule has 42 heavy (non-hydrogen) atoms. The van der Waals surface area contributed by atoms with E-state index in [0.717, 1.165) is 16.7 Å². The van der Waals surface area contributed by atoms with Crippen molar-refractivity contribution >= 4 is 22.0 Å². The first-order valence-corrected chi connectivity index (χ1v) is 15.4. The summed E-state index contributed by atoms with van der Waals surface area (Å²) in [6.45, 7) is 7.27. The van der Waals surface area contributed by atoms with Gasteiger partial charge >= 0.3 is 6.09 Å². The first kappa shape index (κ1) is 31.4. The summed E-state index contributed by atoms with van der Waals surface area (Å²) in [5.41, 5.74) is 0.604. The van der Waals surface area contributed by atoms with E-state index in [0.29, 0.717) is 39.5 Å². The van der Waals surface area contributed by atoms with Crippen molar-refractivity contribution < 1.29 is 32.2 Å². The number of nitriles is 1. The Hall–Kier alpha value is -3.50. The minimum Gasteiger partial charge on any atom is -0.444 e. The molecule has 2 aliphatic rings. The molecule has 4 rings (SSSR count). The Balaban J connectivity index is 1.40. The van der Waals surface area contributed by atoms with Crippen molar-refractivity contribution in [2.24, 2.45) is 0 Å². The summed E-state index contributed by atoms with van der Waals surface area (Å²) in [6.07, 6.45) is 0.0862. The summed E-state index contributed by atoms with van der Waals surface area (Å²) >= 11 is 0. The van der Waals surface area contributed by atoms with Crippen LogP contribution in [0.3, 0.4) is 0 Å². The van der Waals surface area contributed by atoms with Crippen molar-refractivity contribution in [3.63, 3.8) is 0 Å². The standard InChI is InChI=1S/C30H38N4O7S/c1-29(2,3)41-28(36)33-30(12-16-39-17-13-30)27(35)32-25(21-31)20-22-4-6-23(7-5-22)24-8-10-26(11-9-24)42(37,38)34-14-18-40-19-15-34/h4-11,25H,12-20H2,1-3H3,(H,32,35)(H,33,36)/t25-/m0/s1. The highest BCUT2D eigenvalue weighted by atomic mass is 32.2. The van der Waals surface area contributed by atoms with Gasteiger partial charge in [-0.1, -0.05) is 36.4 Å². The first-order chi connectivity index (χ1) is 19.9. The van der Waals surface area contributed by atoms with Crippen LogP contribution >= 0.6 is 0 Å². The number of hydrogen-bond acceptors (Lipinski definition) is 8. The molecule has 2 N–H and O–H groups in total. The molecule has 0 saturated carbocycles. The van der Waals surface area contributed by atoms with Crippen LogP contribution in [0.2, 0.25) is 0 Å². The van der Waals surface area contributed by atoms with E-state index in [9.17, 15) is 23.3 Å². The van der Waals surface area contributed by atoms with Crippen molar-refractivity contribution in [2.75, 3.05) is 39.5 Å². The fraction of sp³-hybridized carbons (Fsp3) is 0.500. The van der Waals surface area contributed by atoms with Crippen LogP contribution in [0.15, 0.2) is 53.4 Å².